The Labute approximate surface area is 288 Å². The van der Waals surface area contributed by atoms with Crippen molar-refractivity contribution in [3.63, 3.8) is 0 Å². The van der Waals surface area contributed by atoms with E-state index in [1.54, 1.807) is 0 Å². The molecular weight excluding hydrogens is 626 g/mol. The summed E-state index contributed by atoms with van der Waals surface area (Å²) in [7, 11) is 0. The van der Waals surface area contributed by atoms with E-state index in [0.29, 0.717) is 132 Å². The van der Waals surface area contributed by atoms with E-state index in [0.717, 1.165) is 18.6 Å². The molecular formula is C35H63NO12. The first kappa shape index (κ1) is 44.1. The highest BCUT2D eigenvalue weighted by Gasteiger charge is 2.02. The summed E-state index contributed by atoms with van der Waals surface area (Å²) < 4.78 is 60.0. The zero-order chi connectivity index (χ0) is 34.3. The molecule has 0 unspecified atom stereocenters. The van der Waals surface area contributed by atoms with Crippen molar-refractivity contribution >= 4 is 6.09 Å². The van der Waals surface area contributed by atoms with Crippen molar-refractivity contribution in [3.8, 4) is 0 Å². The fourth-order valence-electron chi connectivity index (χ4n) is 3.89. The highest BCUT2D eigenvalue weighted by atomic mass is 16.6. The molecule has 0 aliphatic rings. The van der Waals surface area contributed by atoms with E-state index in [-0.39, 0.29) is 6.61 Å². The largest absolute Gasteiger partial charge is 0.445 e. The number of amides is 1. The Morgan fingerprint density at radius 2 is 0.812 bits per heavy atom. The molecule has 0 aliphatic heterocycles. The first-order valence-electron chi connectivity index (χ1n) is 17.5. The third-order valence-electron chi connectivity index (χ3n) is 6.47. The molecule has 0 spiro atoms. The number of hydrogen-bond acceptors (Lipinski definition) is 12. The Balaban J connectivity index is 1.63. The highest BCUT2D eigenvalue weighted by molar-refractivity contribution is 5.67. The molecule has 1 aromatic carbocycles. The predicted octanol–water partition coefficient (Wildman–Crippen LogP) is 4.05. The normalized spacial score (nSPS) is 11.3. The second-order valence-electron chi connectivity index (χ2n) is 10.5. The van der Waals surface area contributed by atoms with Gasteiger partial charge in [-0.3, -0.25) is 0 Å². The summed E-state index contributed by atoms with van der Waals surface area (Å²) in [5.41, 5.74) is 0.940. The number of rotatable bonds is 38. The van der Waals surface area contributed by atoms with E-state index in [1.165, 1.54) is 25.7 Å². The van der Waals surface area contributed by atoms with Gasteiger partial charge < -0.3 is 57.4 Å². The van der Waals surface area contributed by atoms with Gasteiger partial charge in [-0.2, -0.15) is 0 Å². The molecule has 0 bridgehead atoms. The maximum absolute atomic E-state index is 11.6. The lowest BCUT2D eigenvalue weighted by molar-refractivity contribution is -0.0264. The van der Waals surface area contributed by atoms with Crippen LogP contribution in [0.15, 0.2) is 30.3 Å². The van der Waals surface area contributed by atoms with E-state index in [9.17, 15) is 4.79 Å². The van der Waals surface area contributed by atoms with E-state index in [4.69, 9.17) is 52.1 Å². The Morgan fingerprint density at radius 1 is 0.458 bits per heavy atom. The van der Waals surface area contributed by atoms with Crippen LogP contribution in [0.5, 0.6) is 0 Å². The molecule has 1 amide bonds. The lowest BCUT2D eigenvalue weighted by atomic mass is 10.2. The van der Waals surface area contributed by atoms with Crippen molar-refractivity contribution in [1.29, 1.82) is 0 Å². The lowest BCUT2D eigenvalue weighted by Gasteiger charge is -2.09. The van der Waals surface area contributed by atoms with Crippen molar-refractivity contribution in [3.05, 3.63) is 35.9 Å². The van der Waals surface area contributed by atoms with E-state index >= 15 is 0 Å². The van der Waals surface area contributed by atoms with Crippen LogP contribution in [0.4, 0.5) is 4.79 Å². The van der Waals surface area contributed by atoms with Gasteiger partial charge in [-0.15, -0.1) is 0 Å². The van der Waals surface area contributed by atoms with E-state index in [2.05, 4.69) is 12.2 Å². The van der Waals surface area contributed by atoms with Crippen molar-refractivity contribution in [1.82, 2.24) is 5.32 Å². The van der Waals surface area contributed by atoms with Crippen LogP contribution in [0.25, 0.3) is 0 Å². The van der Waals surface area contributed by atoms with Crippen LogP contribution >= 0.6 is 0 Å². The number of unbranched alkanes of at least 4 members (excludes halogenated alkanes) is 4. The molecule has 0 radical (unpaired) electrons. The summed E-state index contributed by atoms with van der Waals surface area (Å²) in [5.74, 6) is 0. The van der Waals surface area contributed by atoms with Crippen LogP contribution in [-0.2, 0) is 58.7 Å². The Bertz CT molecular complexity index is 777. The van der Waals surface area contributed by atoms with Gasteiger partial charge >= 0.3 is 6.09 Å². The van der Waals surface area contributed by atoms with Gasteiger partial charge in [0.2, 0.25) is 0 Å². The third kappa shape index (κ3) is 34.0. The molecule has 0 atom stereocenters. The molecule has 1 rings (SSSR count). The van der Waals surface area contributed by atoms with Crippen LogP contribution < -0.4 is 5.32 Å². The monoisotopic (exact) mass is 689 g/mol. The lowest BCUT2D eigenvalue weighted by Crippen LogP contribution is -2.28. The quantitative estimate of drug-likeness (QED) is 0.101. The summed E-state index contributed by atoms with van der Waals surface area (Å²) in [6.45, 7) is 13.3. The van der Waals surface area contributed by atoms with Gasteiger partial charge in [0, 0.05) is 13.2 Å². The minimum Gasteiger partial charge on any atom is -0.445 e. The van der Waals surface area contributed by atoms with Gasteiger partial charge in [0.15, 0.2) is 0 Å². The zero-order valence-corrected chi connectivity index (χ0v) is 29.4. The van der Waals surface area contributed by atoms with E-state index < -0.39 is 6.09 Å². The molecule has 0 heterocycles. The van der Waals surface area contributed by atoms with E-state index in [1.807, 2.05) is 30.3 Å². The van der Waals surface area contributed by atoms with Crippen LogP contribution in [0.1, 0.15) is 44.6 Å². The third-order valence-corrected chi connectivity index (χ3v) is 6.47. The van der Waals surface area contributed by atoms with Gasteiger partial charge in [-0.1, -0.05) is 62.9 Å². The summed E-state index contributed by atoms with van der Waals surface area (Å²) >= 11 is 0. The molecule has 1 aromatic rings. The smallest absolute Gasteiger partial charge is 0.407 e. The second-order valence-corrected chi connectivity index (χ2v) is 10.5. The summed E-state index contributed by atoms with van der Waals surface area (Å²) in [4.78, 5) is 11.6. The molecule has 0 aliphatic carbocycles. The van der Waals surface area contributed by atoms with Crippen LogP contribution in [0.3, 0.4) is 0 Å². The van der Waals surface area contributed by atoms with Crippen LogP contribution in [-0.4, -0.2) is 145 Å². The fourth-order valence-corrected chi connectivity index (χ4v) is 3.89. The molecule has 48 heavy (non-hydrogen) atoms. The Kier molecular flexibility index (Phi) is 34.8. The fraction of sp³-hybridized carbons (Fsp3) is 0.800. The zero-order valence-electron chi connectivity index (χ0n) is 29.4. The van der Waals surface area contributed by atoms with Gasteiger partial charge in [0.25, 0.3) is 0 Å². The van der Waals surface area contributed by atoms with Crippen molar-refractivity contribution in [2.75, 3.05) is 139 Å². The number of nitrogens with one attached hydrogen (secondary N) is 1. The first-order valence-corrected chi connectivity index (χ1v) is 17.5. The number of carbonyl (C=O) groups is 1. The molecule has 0 saturated carbocycles. The molecule has 1 N–H and O–H groups in total. The Hall–Kier alpha value is -1.91. The maximum atomic E-state index is 11.6. The van der Waals surface area contributed by atoms with Gasteiger partial charge in [-0.05, 0) is 12.0 Å². The second kappa shape index (κ2) is 37.9. The number of ether oxygens (including phenoxy) is 11. The number of carbonyl (C=O) groups excluding carboxylic acids is 1. The molecule has 280 valence electrons. The van der Waals surface area contributed by atoms with Crippen LogP contribution in [0, 0.1) is 0 Å². The molecule has 0 fully saturated rings. The summed E-state index contributed by atoms with van der Waals surface area (Å²) in [6, 6.07) is 9.52. The number of benzene rings is 1. The summed E-state index contributed by atoms with van der Waals surface area (Å²) in [6.07, 6.45) is 5.80. The molecule has 0 saturated heterocycles. The Morgan fingerprint density at radius 3 is 1.21 bits per heavy atom. The van der Waals surface area contributed by atoms with Gasteiger partial charge in [0.1, 0.15) is 6.61 Å². The average molecular weight is 690 g/mol. The molecule has 0 aromatic heterocycles. The number of hydrogen-bond donors (Lipinski definition) is 1. The van der Waals surface area contributed by atoms with Crippen molar-refractivity contribution < 1.29 is 56.9 Å². The first-order chi connectivity index (χ1) is 23.8. The van der Waals surface area contributed by atoms with Crippen LogP contribution in [0.2, 0.25) is 0 Å². The summed E-state index contributed by atoms with van der Waals surface area (Å²) in [5, 5.41) is 2.64. The topological polar surface area (TPSA) is 131 Å². The maximum Gasteiger partial charge on any atom is 0.407 e. The minimum atomic E-state index is -0.467. The number of alkyl carbamates (subject to hydrolysis) is 1. The SMILES string of the molecule is CCCCCCCOCCOCCOCCOCCOCCOCCOCCOCCOCCOCCNC(=O)OCc1ccccc1. The van der Waals surface area contributed by atoms with Gasteiger partial charge in [0.05, 0.1) is 126 Å². The standard InChI is InChI=1S/C35H63NO12/c1-2-3-4-5-9-13-38-15-17-40-19-21-42-23-25-44-27-29-46-31-32-47-30-28-45-26-24-43-22-20-41-18-16-39-14-12-36-35(37)48-33-34-10-7-6-8-11-34/h6-8,10-11H,2-5,9,12-33H2,1H3,(H,36,37). The van der Waals surface area contributed by atoms with Gasteiger partial charge in [-0.25, -0.2) is 4.79 Å². The van der Waals surface area contributed by atoms with Crippen molar-refractivity contribution in [2.45, 2.75) is 45.6 Å². The average Bonchev–Trinajstić information content (AvgIpc) is 3.11. The molecule has 13 heteroatoms. The molecule has 13 nitrogen and oxygen atoms in total. The highest BCUT2D eigenvalue weighted by Crippen LogP contribution is 2.02. The van der Waals surface area contributed by atoms with Crippen molar-refractivity contribution in [2.24, 2.45) is 0 Å². The predicted molar refractivity (Wildman–Crippen MR) is 182 cm³/mol. The minimum absolute atomic E-state index is 0.240.